The summed E-state index contributed by atoms with van der Waals surface area (Å²) in [6.45, 7) is 3.89. The first-order chi connectivity index (χ1) is 15.0. The van der Waals surface area contributed by atoms with Crippen LogP contribution in [-0.4, -0.2) is 27.6 Å². The molecule has 0 radical (unpaired) electrons. The summed E-state index contributed by atoms with van der Waals surface area (Å²) in [5.74, 6) is -0.0415. The van der Waals surface area contributed by atoms with Gasteiger partial charge in [0.1, 0.15) is 0 Å². The number of nitrogens with zero attached hydrogens (tertiary/aromatic N) is 3. The summed E-state index contributed by atoms with van der Waals surface area (Å²) in [5.41, 5.74) is 2.86. The van der Waals surface area contributed by atoms with E-state index in [1.165, 1.54) is 12.7 Å². The molecule has 0 aliphatic carbocycles. The van der Waals surface area contributed by atoms with Crippen LogP contribution in [0.3, 0.4) is 0 Å². The normalized spacial score (nSPS) is 15.5. The molecule has 0 saturated heterocycles. The molecule has 2 heterocycles. The predicted octanol–water partition coefficient (Wildman–Crippen LogP) is 4.18. The van der Waals surface area contributed by atoms with Gasteiger partial charge < -0.3 is 19.1 Å². The van der Waals surface area contributed by atoms with Gasteiger partial charge in [-0.3, -0.25) is 4.79 Å². The summed E-state index contributed by atoms with van der Waals surface area (Å²) in [5, 5.41) is 0. The molecule has 31 heavy (non-hydrogen) atoms. The van der Waals surface area contributed by atoms with Crippen molar-refractivity contribution in [3.63, 3.8) is 0 Å². The largest absolute Gasteiger partial charge is 0.494 e. The molecule has 2 aromatic carbocycles. The molecule has 0 bridgehead atoms. The second kappa shape index (κ2) is 9.08. The van der Waals surface area contributed by atoms with Gasteiger partial charge in [-0.2, -0.15) is 0 Å². The molecule has 0 spiro atoms. The fraction of sp³-hybridized carbons (Fsp3) is 0.240. The van der Waals surface area contributed by atoms with Crippen molar-refractivity contribution in [3.05, 3.63) is 112 Å². The molecule has 1 atom stereocenters. The molecule has 160 valence electrons. The van der Waals surface area contributed by atoms with Gasteiger partial charge in [-0.15, -0.1) is 0 Å². The van der Waals surface area contributed by atoms with Gasteiger partial charge in [0.2, 0.25) is 0 Å². The van der Waals surface area contributed by atoms with E-state index in [1.807, 2.05) is 24.5 Å². The summed E-state index contributed by atoms with van der Waals surface area (Å²) < 4.78 is 21.3. The first-order valence-electron chi connectivity index (χ1n) is 10.3. The topological polar surface area (TPSA) is 37.7 Å². The van der Waals surface area contributed by atoms with Gasteiger partial charge >= 0.3 is 0 Å². The standard InChI is InChI=1S/C25H26FN3O2/c1-19-27(14-15-28(19)18-22-6-5-7-23(31-2)25(22)26)16-20-9-11-21(12-10-20)17-29-13-4-3-8-24(29)30/h3-15,19H,16-18H2,1-2H3. The molecule has 1 aliphatic rings. The van der Waals surface area contributed by atoms with E-state index in [0.717, 1.165) is 12.1 Å². The number of pyridine rings is 1. The summed E-state index contributed by atoms with van der Waals surface area (Å²) >= 11 is 0. The van der Waals surface area contributed by atoms with Crippen LogP contribution in [0.4, 0.5) is 4.39 Å². The van der Waals surface area contributed by atoms with Crippen LogP contribution in [0.1, 0.15) is 23.6 Å². The fourth-order valence-corrected chi connectivity index (χ4v) is 3.76. The summed E-state index contributed by atoms with van der Waals surface area (Å²) in [6, 6.07) is 18.7. The Morgan fingerprint density at radius 1 is 0.871 bits per heavy atom. The lowest BCUT2D eigenvalue weighted by Gasteiger charge is -2.30. The Morgan fingerprint density at radius 3 is 2.23 bits per heavy atom. The van der Waals surface area contributed by atoms with Crippen molar-refractivity contribution in [1.82, 2.24) is 14.4 Å². The SMILES string of the molecule is COc1cccc(CN2C=CN(Cc3ccc(Cn4ccccc4=O)cc3)C2C)c1F. The smallest absolute Gasteiger partial charge is 0.250 e. The summed E-state index contributed by atoms with van der Waals surface area (Å²) in [7, 11) is 1.48. The van der Waals surface area contributed by atoms with Crippen LogP contribution in [-0.2, 0) is 19.6 Å². The Balaban J connectivity index is 1.38. The molecule has 0 fully saturated rings. The number of hydrogen-bond donors (Lipinski definition) is 0. The van der Waals surface area contributed by atoms with Gasteiger partial charge in [-0.05, 0) is 30.2 Å². The molecule has 0 amide bonds. The predicted molar refractivity (Wildman–Crippen MR) is 119 cm³/mol. The molecule has 0 saturated carbocycles. The average molecular weight is 420 g/mol. The van der Waals surface area contributed by atoms with Gasteiger partial charge in [0, 0.05) is 43.3 Å². The summed E-state index contributed by atoms with van der Waals surface area (Å²) in [4.78, 5) is 16.2. The van der Waals surface area contributed by atoms with E-state index in [2.05, 4.69) is 41.0 Å². The van der Waals surface area contributed by atoms with E-state index in [0.29, 0.717) is 18.7 Å². The van der Waals surface area contributed by atoms with Crippen molar-refractivity contribution in [2.24, 2.45) is 0 Å². The zero-order valence-corrected chi connectivity index (χ0v) is 17.7. The number of halogens is 1. The van der Waals surface area contributed by atoms with Crippen molar-refractivity contribution in [1.29, 1.82) is 0 Å². The number of hydrogen-bond acceptors (Lipinski definition) is 4. The first-order valence-corrected chi connectivity index (χ1v) is 10.3. The maximum absolute atomic E-state index is 14.5. The lowest BCUT2D eigenvalue weighted by atomic mass is 10.1. The highest BCUT2D eigenvalue weighted by atomic mass is 19.1. The average Bonchev–Trinajstić information content (AvgIpc) is 3.12. The van der Waals surface area contributed by atoms with E-state index < -0.39 is 0 Å². The number of rotatable bonds is 7. The highest BCUT2D eigenvalue weighted by Crippen LogP contribution is 2.25. The van der Waals surface area contributed by atoms with Crippen molar-refractivity contribution in [2.45, 2.75) is 32.7 Å². The second-order valence-corrected chi connectivity index (χ2v) is 7.69. The van der Waals surface area contributed by atoms with Gasteiger partial charge in [0.05, 0.1) is 19.8 Å². The molecule has 1 unspecified atom stereocenters. The molecule has 6 heteroatoms. The third kappa shape index (κ3) is 4.63. The quantitative estimate of drug-likeness (QED) is 0.576. The van der Waals surface area contributed by atoms with Crippen molar-refractivity contribution >= 4 is 0 Å². The van der Waals surface area contributed by atoms with Crippen LogP contribution in [0, 0.1) is 5.82 Å². The van der Waals surface area contributed by atoms with Gasteiger partial charge in [0.25, 0.3) is 5.56 Å². The minimum atomic E-state index is -0.308. The van der Waals surface area contributed by atoms with Crippen LogP contribution >= 0.6 is 0 Å². The van der Waals surface area contributed by atoms with Gasteiger partial charge in [-0.25, -0.2) is 4.39 Å². The Kier molecular flexibility index (Phi) is 6.07. The third-order valence-corrected chi connectivity index (χ3v) is 5.67. The Morgan fingerprint density at radius 2 is 1.55 bits per heavy atom. The number of benzene rings is 2. The van der Waals surface area contributed by atoms with Gasteiger partial charge in [-0.1, -0.05) is 42.5 Å². The minimum Gasteiger partial charge on any atom is -0.494 e. The highest BCUT2D eigenvalue weighted by molar-refractivity contribution is 5.31. The summed E-state index contributed by atoms with van der Waals surface area (Å²) in [6.07, 6.45) is 5.94. The van der Waals surface area contributed by atoms with E-state index in [1.54, 1.807) is 35.0 Å². The van der Waals surface area contributed by atoms with Crippen molar-refractivity contribution < 1.29 is 9.13 Å². The van der Waals surface area contributed by atoms with Crippen LogP contribution in [0.2, 0.25) is 0 Å². The van der Waals surface area contributed by atoms with Gasteiger partial charge in [0.15, 0.2) is 11.6 Å². The van der Waals surface area contributed by atoms with E-state index in [-0.39, 0.29) is 23.3 Å². The van der Waals surface area contributed by atoms with Crippen molar-refractivity contribution in [2.75, 3.05) is 7.11 Å². The lowest BCUT2D eigenvalue weighted by Crippen LogP contribution is -2.35. The van der Waals surface area contributed by atoms with E-state index in [9.17, 15) is 9.18 Å². The van der Waals surface area contributed by atoms with Crippen molar-refractivity contribution in [3.8, 4) is 5.75 Å². The molecule has 5 nitrogen and oxygen atoms in total. The van der Waals surface area contributed by atoms with Crippen LogP contribution in [0.15, 0.2) is 84.1 Å². The Bertz CT molecular complexity index is 1120. The molecule has 1 aliphatic heterocycles. The molecule has 0 N–H and O–H groups in total. The van der Waals surface area contributed by atoms with E-state index >= 15 is 0 Å². The highest BCUT2D eigenvalue weighted by Gasteiger charge is 2.23. The van der Waals surface area contributed by atoms with Crippen LogP contribution < -0.4 is 10.3 Å². The molecule has 3 aromatic rings. The lowest BCUT2D eigenvalue weighted by molar-refractivity contribution is 0.157. The zero-order chi connectivity index (χ0) is 21.8. The van der Waals surface area contributed by atoms with Crippen LogP contribution in [0.5, 0.6) is 5.75 Å². The number of aromatic nitrogens is 1. The number of ether oxygens (including phenoxy) is 1. The van der Waals surface area contributed by atoms with Crippen LogP contribution in [0.25, 0.3) is 0 Å². The monoisotopic (exact) mass is 419 g/mol. The fourth-order valence-electron chi connectivity index (χ4n) is 3.76. The second-order valence-electron chi connectivity index (χ2n) is 7.69. The minimum absolute atomic E-state index is 0.00447. The molecule has 4 rings (SSSR count). The third-order valence-electron chi connectivity index (χ3n) is 5.67. The molecule has 1 aromatic heterocycles. The number of methoxy groups -OCH3 is 1. The Hall–Kier alpha value is -3.54. The molecular formula is C25H26FN3O2. The molecular weight excluding hydrogens is 393 g/mol. The first kappa shape index (κ1) is 20.7. The van der Waals surface area contributed by atoms with E-state index in [4.69, 9.17) is 4.74 Å². The Labute approximate surface area is 181 Å². The maximum atomic E-state index is 14.5. The maximum Gasteiger partial charge on any atom is 0.250 e. The zero-order valence-electron chi connectivity index (χ0n) is 17.7.